The lowest BCUT2D eigenvalue weighted by Crippen LogP contribution is -2.28. The minimum absolute atomic E-state index is 0.495. The van der Waals surface area contributed by atoms with Crippen molar-refractivity contribution >= 4 is 23.4 Å². The number of rotatable bonds is 2. The van der Waals surface area contributed by atoms with Crippen LogP contribution in [0.25, 0.3) is 5.65 Å². The summed E-state index contributed by atoms with van der Waals surface area (Å²) in [5.74, 6) is 1.43. The maximum Gasteiger partial charge on any atom is 0.413 e. The van der Waals surface area contributed by atoms with Crippen molar-refractivity contribution < 1.29 is 9.53 Å². The quantitative estimate of drug-likeness (QED) is 0.888. The highest BCUT2D eigenvalue weighted by Gasteiger charge is 2.20. The zero-order chi connectivity index (χ0) is 18.6. The number of hydrogen-bond acceptors (Lipinski definition) is 5. The van der Waals surface area contributed by atoms with Crippen LogP contribution in [-0.4, -0.2) is 39.4 Å². The second-order valence-corrected chi connectivity index (χ2v) is 6.88. The molecule has 2 aromatic heterocycles. The van der Waals surface area contributed by atoms with E-state index in [1.807, 2.05) is 47.6 Å². The summed E-state index contributed by atoms with van der Waals surface area (Å²) in [7, 11) is 0. The molecule has 0 aliphatic carbocycles. The first-order valence-electron chi connectivity index (χ1n) is 8.94. The number of carbonyl (C=O) groups excluding carboxylic acids is 1. The second kappa shape index (κ2) is 7.72. The van der Waals surface area contributed by atoms with Crippen molar-refractivity contribution in [1.29, 1.82) is 0 Å². The van der Waals surface area contributed by atoms with Crippen LogP contribution in [0.2, 0.25) is 0 Å². The molecule has 3 rings (SSSR count). The van der Waals surface area contributed by atoms with Gasteiger partial charge in [0, 0.05) is 24.7 Å². The lowest BCUT2D eigenvalue weighted by atomic mass is 10.2. The van der Waals surface area contributed by atoms with Gasteiger partial charge in [0.15, 0.2) is 5.65 Å². The first-order valence-corrected chi connectivity index (χ1v) is 8.94. The molecule has 0 atom stereocenters. The fourth-order valence-electron chi connectivity index (χ4n) is 2.67. The Hall–Kier alpha value is -2.31. The smallest absolute Gasteiger partial charge is 0.413 e. The van der Waals surface area contributed by atoms with Crippen molar-refractivity contribution in [2.45, 2.75) is 60.0 Å². The predicted octanol–water partition coefficient (Wildman–Crippen LogP) is 4.01. The number of nitrogens with one attached hydrogen (secondary N) is 1. The Morgan fingerprint density at radius 2 is 1.88 bits per heavy atom. The van der Waals surface area contributed by atoms with Gasteiger partial charge in [-0.3, -0.25) is 5.32 Å². The summed E-state index contributed by atoms with van der Waals surface area (Å²) >= 11 is 0. The van der Waals surface area contributed by atoms with Crippen molar-refractivity contribution in [1.82, 2.24) is 14.6 Å². The Morgan fingerprint density at radius 1 is 1.24 bits per heavy atom. The number of nitrogens with zero attached hydrogens (tertiary/aromatic N) is 4. The Labute approximate surface area is 149 Å². The Kier molecular flexibility index (Phi) is 5.87. The molecule has 7 nitrogen and oxygen atoms in total. The van der Waals surface area contributed by atoms with E-state index in [0.29, 0.717) is 5.82 Å². The molecule has 25 heavy (non-hydrogen) atoms. The van der Waals surface area contributed by atoms with Crippen molar-refractivity contribution in [3.8, 4) is 0 Å². The van der Waals surface area contributed by atoms with Crippen molar-refractivity contribution in [2.24, 2.45) is 0 Å². The molecule has 3 heterocycles. The number of anilines is 2. The fraction of sp³-hybridized carbons (Fsp3) is 0.611. The lowest BCUT2D eigenvalue weighted by Gasteiger charge is -2.21. The maximum atomic E-state index is 12.1. The van der Waals surface area contributed by atoms with E-state index in [2.05, 4.69) is 15.3 Å². The average Bonchev–Trinajstić information content (AvgIpc) is 3.18. The third-order valence-electron chi connectivity index (χ3n) is 3.69. The number of aromatic nitrogens is 3. The largest absolute Gasteiger partial charge is 0.444 e. The normalized spacial score (nSPS) is 14.2. The topological polar surface area (TPSA) is 71.8 Å². The minimum atomic E-state index is -0.548. The monoisotopic (exact) mass is 347 g/mol. The van der Waals surface area contributed by atoms with Crippen LogP contribution in [0.1, 0.15) is 53.0 Å². The summed E-state index contributed by atoms with van der Waals surface area (Å²) in [6.45, 7) is 13.4. The van der Waals surface area contributed by atoms with Gasteiger partial charge in [-0.05, 0) is 40.5 Å². The van der Waals surface area contributed by atoms with E-state index in [0.717, 1.165) is 30.1 Å². The number of hydrogen-bond donors (Lipinski definition) is 1. The van der Waals surface area contributed by atoms with Gasteiger partial charge in [-0.25, -0.2) is 9.78 Å². The Morgan fingerprint density at radius 3 is 2.48 bits per heavy atom. The molecule has 0 radical (unpaired) electrons. The van der Waals surface area contributed by atoms with Gasteiger partial charge in [0.2, 0.25) is 0 Å². The number of aryl methyl sites for hydroxylation is 1. The molecular weight excluding hydrogens is 318 g/mol. The van der Waals surface area contributed by atoms with Crippen LogP contribution in [0, 0.1) is 6.92 Å². The maximum absolute atomic E-state index is 12.1. The summed E-state index contributed by atoms with van der Waals surface area (Å²) < 4.78 is 6.98. The van der Waals surface area contributed by atoms with E-state index in [9.17, 15) is 4.79 Å². The molecule has 0 bridgehead atoms. The van der Waals surface area contributed by atoms with E-state index in [1.54, 1.807) is 10.7 Å². The molecule has 0 aromatic carbocycles. The van der Waals surface area contributed by atoms with Crippen LogP contribution < -0.4 is 10.2 Å². The third-order valence-corrected chi connectivity index (χ3v) is 3.69. The highest BCUT2D eigenvalue weighted by Crippen LogP contribution is 2.24. The summed E-state index contributed by atoms with van der Waals surface area (Å²) in [6, 6.07) is 1.86. The van der Waals surface area contributed by atoms with Crippen LogP contribution in [-0.2, 0) is 4.74 Å². The Bertz CT molecular complexity index is 727. The van der Waals surface area contributed by atoms with Crippen LogP contribution in [0.15, 0.2) is 12.3 Å². The van der Waals surface area contributed by atoms with Gasteiger partial charge in [0.05, 0.1) is 6.20 Å². The van der Waals surface area contributed by atoms with E-state index in [1.165, 1.54) is 12.8 Å². The molecule has 2 aromatic rings. The van der Waals surface area contributed by atoms with E-state index >= 15 is 0 Å². The highest BCUT2D eigenvalue weighted by molar-refractivity contribution is 5.85. The number of fused-ring (bicyclic) bond motifs is 1. The molecule has 7 heteroatoms. The molecule has 1 fully saturated rings. The lowest BCUT2D eigenvalue weighted by molar-refractivity contribution is 0.0635. The molecule has 0 unspecified atom stereocenters. The van der Waals surface area contributed by atoms with E-state index in [4.69, 9.17) is 9.72 Å². The number of carbonyl (C=O) groups is 1. The van der Waals surface area contributed by atoms with Crippen molar-refractivity contribution in [3.05, 3.63) is 17.8 Å². The predicted molar refractivity (Wildman–Crippen MR) is 100 cm³/mol. The van der Waals surface area contributed by atoms with E-state index < -0.39 is 11.7 Å². The molecule has 1 amide bonds. The summed E-state index contributed by atoms with van der Waals surface area (Å²) in [5, 5.41) is 7.09. The van der Waals surface area contributed by atoms with Gasteiger partial charge in [-0.1, -0.05) is 13.8 Å². The average molecular weight is 347 g/mol. The minimum Gasteiger partial charge on any atom is -0.444 e. The zero-order valence-electron chi connectivity index (χ0n) is 16.1. The van der Waals surface area contributed by atoms with Gasteiger partial charge in [-0.2, -0.15) is 9.61 Å². The standard InChI is InChI=1S/C16H23N5O2.C2H6/c1-11-10-17-21-13(19-15(22)23-16(2,3)4)9-12(18-14(11)21)20-7-5-6-8-20;1-2/h9-10H,5-8H2,1-4H3,(H,19,22);1-2H3. The molecular formula is C18H29N5O2. The molecule has 1 N–H and O–H groups in total. The van der Waals surface area contributed by atoms with Crippen molar-refractivity contribution in [2.75, 3.05) is 23.3 Å². The second-order valence-electron chi connectivity index (χ2n) is 6.88. The molecule has 0 saturated carbocycles. The van der Waals surface area contributed by atoms with Gasteiger partial charge < -0.3 is 9.64 Å². The van der Waals surface area contributed by atoms with Gasteiger partial charge in [0.25, 0.3) is 0 Å². The van der Waals surface area contributed by atoms with Gasteiger partial charge in [0.1, 0.15) is 17.2 Å². The van der Waals surface area contributed by atoms with Crippen LogP contribution >= 0.6 is 0 Å². The Balaban J connectivity index is 0.00000109. The summed E-state index contributed by atoms with van der Waals surface area (Å²) in [6.07, 6.45) is 3.58. The zero-order valence-corrected chi connectivity index (χ0v) is 16.1. The molecule has 0 spiro atoms. The molecule has 138 valence electrons. The van der Waals surface area contributed by atoms with Crippen molar-refractivity contribution in [3.63, 3.8) is 0 Å². The highest BCUT2D eigenvalue weighted by atomic mass is 16.6. The summed E-state index contributed by atoms with van der Waals surface area (Å²) in [4.78, 5) is 19.0. The fourth-order valence-corrected chi connectivity index (χ4v) is 2.67. The van der Waals surface area contributed by atoms with Crippen LogP contribution in [0.3, 0.4) is 0 Å². The first kappa shape index (κ1) is 19.0. The number of ether oxygens (including phenoxy) is 1. The third kappa shape index (κ3) is 4.61. The van der Waals surface area contributed by atoms with Crippen LogP contribution in [0.4, 0.5) is 16.4 Å². The van der Waals surface area contributed by atoms with Crippen LogP contribution in [0.5, 0.6) is 0 Å². The molecule has 1 saturated heterocycles. The molecule has 1 aliphatic rings. The SMILES string of the molecule is CC.Cc1cnn2c(NC(=O)OC(C)(C)C)cc(N3CCCC3)nc12. The molecule has 1 aliphatic heterocycles. The summed E-state index contributed by atoms with van der Waals surface area (Å²) in [5.41, 5.74) is 1.17. The van der Waals surface area contributed by atoms with Gasteiger partial charge >= 0.3 is 6.09 Å². The first-order chi connectivity index (χ1) is 11.8. The van der Waals surface area contributed by atoms with Gasteiger partial charge in [-0.15, -0.1) is 0 Å². The number of amides is 1. The van der Waals surface area contributed by atoms with E-state index in [-0.39, 0.29) is 0 Å².